The Balaban J connectivity index is 1.72. The summed E-state index contributed by atoms with van der Waals surface area (Å²) in [6.07, 6.45) is 6.44. The van der Waals surface area contributed by atoms with Crippen molar-refractivity contribution in [3.05, 3.63) is 46.1 Å². The summed E-state index contributed by atoms with van der Waals surface area (Å²) in [5.74, 6) is 0.575. The Morgan fingerprint density at radius 1 is 1.15 bits per heavy atom. The summed E-state index contributed by atoms with van der Waals surface area (Å²) < 4.78 is 0. The normalized spacial score (nSPS) is 18.4. The molecule has 2 N–H and O–H groups in total. The number of aromatic nitrogens is 2. The molecule has 0 radical (unpaired) electrons. The lowest BCUT2D eigenvalue weighted by atomic mass is 9.85. The highest BCUT2D eigenvalue weighted by Gasteiger charge is 2.24. The zero-order valence-electron chi connectivity index (χ0n) is 19.7. The van der Waals surface area contributed by atoms with Crippen LogP contribution in [0.5, 0.6) is 5.75 Å². The molecule has 2 heterocycles. The number of pyridine rings is 2. The van der Waals surface area contributed by atoms with Crippen molar-refractivity contribution in [3.63, 3.8) is 0 Å². The molecule has 1 fully saturated rings. The molecule has 0 amide bonds. The number of nitrogens with one attached hydrogen (secondary N) is 1. The number of Topliss-reactive ketones (excluding diaryl/α,β-unsaturated/α-hetero) is 1. The van der Waals surface area contributed by atoms with Gasteiger partial charge in [0.1, 0.15) is 5.52 Å². The minimum absolute atomic E-state index is 0.0288. The lowest BCUT2D eigenvalue weighted by Gasteiger charge is -2.31. The second-order valence-corrected chi connectivity index (χ2v) is 10.1. The number of halogens is 2. The number of anilines is 1. The van der Waals surface area contributed by atoms with Gasteiger partial charge in [0.05, 0.1) is 32.5 Å². The quantitative estimate of drug-likeness (QED) is 0.363. The SMILES string of the molecule is CCC(=O)c1cnc2ccc(-c3cc(Cl)c(O)c(Cl)c3)nc2c1N[C@H]1CC[C@H](CN(C)C)CC1. The van der Waals surface area contributed by atoms with Crippen molar-refractivity contribution in [2.24, 2.45) is 5.92 Å². The van der Waals surface area contributed by atoms with Crippen molar-refractivity contribution in [2.45, 2.75) is 45.1 Å². The van der Waals surface area contributed by atoms with Crippen molar-refractivity contribution in [1.82, 2.24) is 14.9 Å². The third-order valence-corrected chi connectivity index (χ3v) is 7.04. The van der Waals surface area contributed by atoms with Gasteiger partial charge in [-0.1, -0.05) is 30.1 Å². The molecule has 1 aromatic carbocycles. The van der Waals surface area contributed by atoms with Gasteiger partial charge in [-0.05, 0) is 70.0 Å². The topological polar surface area (TPSA) is 78.3 Å². The Hall–Kier alpha value is -2.41. The van der Waals surface area contributed by atoms with Crippen LogP contribution in [0, 0.1) is 5.92 Å². The van der Waals surface area contributed by atoms with Crippen LogP contribution in [0.3, 0.4) is 0 Å². The van der Waals surface area contributed by atoms with Gasteiger partial charge in [-0.15, -0.1) is 0 Å². The van der Waals surface area contributed by atoms with Crippen molar-refractivity contribution in [2.75, 3.05) is 26.0 Å². The zero-order chi connectivity index (χ0) is 24.4. The van der Waals surface area contributed by atoms with Gasteiger partial charge in [-0.3, -0.25) is 9.78 Å². The maximum atomic E-state index is 12.8. The molecule has 0 atom stereocenters. The molecule has 1 aliphatic carbocycles. The minimum atomic E-state index is -0.155. The number of aromatic hydroxyl groups is 1. The Bertz CT molecular complexity index is 1180. The third kappa shape index (κ3) is 5.29. The summed E-state index contributed by atoms with van der Waals surface area (Å²) in [6, 6.07) is 7.25. The van der Waals surface area contributed by atoms with E-state index in [1.54, 1.807) is 18.3 Å². The molecule has 0 spiro atoms. The first-order valence-electron chi connectivity index (χ1n) is 11.7. The van der Waals surface area contributed by atoms with E-state index in [0.717, 1.165) is 37.9 Å². The number of carbonyl (C=O) groups is 1. The highest BCUT2D eigenvalue weighted by molar-refractivity contribution is 6.37. The lowest BCUT2D eigenvalue weighted by molar-refractivity contribution is 0.0988. The van der Waals surface area contributed by atoms with E-state index in [0.29, 0.717) is 40.2 Å². The van der Waals surface area contributed by atoms with E-state index in [1.807, 2.05) is 19.1 Å². The predicted octanol–water partition coefficient (Wildman–Crippen LogP) is 6.43. The first kappa shape index (κ1) is 24.7. The van der Waals surface area contributed by atoms with Crippen LogP contribution in [-0.2, 0) is 0 Å². The van der Waals surface area contributed by atoms with Crippen molar-refractivity contribution < 1.29 is 9.90 Å². The first-order chi connectivity index (χ1) is 16.3. The van der Waals surface area contributed by atoms with Gasteiger partial charge in [0.25, 0.3) is 0 Å². The zero-order valence-corrected chi connectivity index (χ0v) is 21.2. The van der Waals surface area contributed by atoms with Crippen LogP contribution in [0.4, 0.5) is 5.69 Å². The molecule has 0 unspecified atom stereocenters. The van der Waals surface area contributed by atoms with E-state index < -0.39 is 0 Å². The maximum absolute atomic E-state index is 12.8. The summed E-state index contributed by atoms with van der Waals surface area (Å²) in [6.45, 7) is 2.96. The molecular weight excluding hydrogens is 471 g/mol. The Kier molecular flexibility index (Phi) is 7.60. The highest BCUT2D eigenvalue weighted by Crippen LogP contribution is 2.37. The number of rotatable bonds is 7. The lowest BCUT2D eigenvalue weighted by Crippen LogP contribution is -2.31. The monoisotopic (exact) mass is 500 g/mol. The minimum Gasteiger partial charge on any atom is -0.505 e. The van der Waals surface area contributed by atoms with Crippen molar-refractivity contribution >= 4 is 45.7 Å². The number of phenols is 1. The smallest absolute Gasteiger partial charge is 0.166 e. The van der Waals surface area contributed by atoms with Gasteiger partial charge >= 0.3 is 0 Å². The van der Waals surface area contributed by atoms with Gasteiger partial charge in [0, 0.05) is 30.8 Å². The average molecular weight is 501 g/mol. The summed E-state index contributed by atoms with van der Waals surface area (Å²) in [4.78, 5) is 24.4. The molecule has 2 aromatic heterocycles. The summed E-state index contributed by atoms with van der Waals surface area (Å²) in [7, 11) is 4.24. The Labute approximate surface area is 210 Å². The second kappa shape index (κ2) is 10.5. The largest absolute Gasteiger partial charge is 0.505 e. The number of hydrogen-bond donors (Lipinski definition) is 2. The number of carbonyl (C=O) groups excluding carboxylic acids is 1. The first-order valence-corrected chi connectivity index (χ1v) is 12.4. The van der Waals surface area contributed by atoms with E-state index in [1.165, 1.54) is 0 Å². The van der Waals surface area contributed by atoms with Crippen LogP contribution in [0.15, 0.2) is 30.5 Å². The number of nitrogens with zero attached hydrogens (tertiary/aromatic N) is 3. The van der Waals surface area contributed by atoms with Crippen molar-refractivity contribution in [3.8, 4) is 17.0 Å². The van der Waals surface area contributed by atoms with E-state index in [4.69, 9.17) is 28.2 Å². The number of ketones is 1. The number of phenolic OH excluding ortho intramolecular Hbond substituents is 1. The summed E-state index contributed by atoms with van der Waals surface area (Å²) in [5, 5.41) is 13.9. The molecular formula is C26H30Cl2N4O2. The predicted molar refractivity (Wildman–Crippen MR) is 139 cm³/mol. The highest BCUT2D eigenvalue weighted by atomic mass is 35.5. The fourth-order valence-corrected chi connectivity index (χ4v) is 5.19. The molecule has 180 valence electrons. The van der Waals surface area contributed by atoms with Crippen molar-refractivity contribution in [1.29, 1.82) is 0 Å². The molecule has 4 rings (SSSR count). The molecule has 3 aromatic rings. The molecule has 0 aliphatic heterocycles. The van der Waals surface area contributed by atoms with E-state index >= 15 is 0 Å². The second-order valence-electron chi connectivity index (χ2n) is 9.30. The summed E-state index contributed by atoms with van der Waals surface area (Å²) >= 11 is 12.3. The van der Waals surface area contributed by atoms with Gasteiger partial charge in [-0.2, -0.15) is 0 Å². The molecule has 6 nitrogen and oxygen atoms in total. The van der Waals surface area contributed by atoms with E-state index in [2.05, 4.69) is 29.3 Å². The molecule has 8 heteroatoms. The van der Waals surface area contributed by atoms with Gasteiger partial charge in [-0.25, -0.2) is 4.98 Å². The Morgan fingerprint density at radius 2 is 1.82 bits per heavy atom. The van der Waals surface area contributed by atoms with E-state index in [9.17, 15) is 9.90 Å². The molecule has 34 heavy (non-hydrogen) atoms. The van der Waals surface area contributed by atoms with Crippen LogP contribution >= 0.6 is 23.2 Å². The molecule has 0 bridgehead atoms. The number of benzene rings is 1. The fourth-order valence-electron chi connectivity index (χ4n) is 4.70. The van der Waals surface area contributed by atoms with Crippen LogP contribution in [0.1, 0.15) is 49.4 Å². The fraction of sp³-hybridized carbons (Fsp3) is 0.423. The third-order valence-electron chi connectivity index (χ3n) is 6.47. The van der Waals surface area contributed by atoms with Crippen LogP contribution in [0.25, 0.3) is 22.3 Å². The van der Waals surface area contributed by atoms with Gasteiger partial charge in [0.15, 0.2) is 11.5 Å². The maximum Gasteiger partial charge on any atom is 0.166 e. The van der Waals surface area contributed by atoms with Crippen LogP contribution in [-0.4, -0.2) is 52.4 Å². The van der Waals surface area contributed by atoms with Gasteiger partial charge in [0.2, 0.25) is 0 Å². The van der Waals surface area contributed by atoms with E-state index in [-0.39, 0.29) is 27.6 Å². The molecule has 1 saturated carbocycles. The van der Waals surface area contributed by atoms with Crippen LogP contribution in [0.2, 0.25) is 10.0 Å². The number of hydrogen-bond acceptors (Lipinski definition) is 6. The van der Waals surface area contributed by atoms with Gasteiger partial charge < -0.3 is 15.3 Å². The van der Waals surface area contributed by atoms with Crippen LogP contribution < -0.4 is 5.32 Å². The summed E-state index contributed by atoms with van der Waals surface area (Å²) in [5.41, 5.74) is 3.97. The standard InChI is InChI=1S/C26H30Cl2N4O2/c1-4-23(33)18-13-29-22-10-9-21(16-11-19(27)26(34)20(28)12-16)31-25(22)24(18)30-17-7-5-15(6-8-17)14-32(2)3/h9-13,15,17,34H,4-8,14H2,1-3H3,(H,29,30)/t15-,17-. The number of fused-ring (bicyclic) bond motifs is 1. The average Bonchev–Trinajstić information content (AvgIpc) is 2.82. The Morgan fingerprint density at radius 3 is 2.44 bits per heavy atom. The molecule has 1 aliphatic rings. The molecule has 0 saturated heterocycles.